The van der Waals surface area contributed by atoms with Crippen LogP contribution < -0.4 is 5.32 Å². The van der Waals surface area contributed by atoms with Gasteiger partial charge in [0.2, 0.25) is 0 Å². The highest BCUT2D eigenvalue weighted by molar-refractivity contribution is 7.71. The number of nitrogens with zero attached hydrogens (tertiary/aromatic N) is 1. The summed E-state index contributed by atoms with van der Waals surface area (Å²) in [7, 11) is 1.84. The molecule has 2 N–H and O–H groups in total. The van der Waals surface area contributed by atoms with Crippen molar-refractivity contribution in [1.29, 1.82) is 0 Å². The first kappa shape index (κ1) is 8.65. The Balaban J connectivity index is 2.57. The quantitative estimate of drug-likeness (QED) is 0.665. The first-order valence-corrected chi connectivity index (χ1v) is 4.59. The van der Waals surface area contributed by atoms with Crippen LogP contribution in [0.3, 0.4) is 0 Å². The summed E-state index contributed by atoms with van der Waals surface area (Å²) in [6.07, 6.45) is 0.885. The van der Waals surface area contributed by atoms with Crippen LogP contribution in [-0.4, -0.2) is 23.6 Å². The lowest BCUT2D eigenvalue weighted by atomic mass is 10.1. The van der Waals surface area contributed by atoms with Crippen LogP contribution in [0.5, 0.6) is 0 Å². The number of ether oxygens (including phenoxy) is 1. The van der Waals surface area contributed by atoms with E-state index in [-0.39, 0.29) is 0 Å². The standard InChI is InChI=1S/C8H11N3OS/c1-9-7-5-4-12-3-2-6(5)10-8(13)11-7/h2-4H2,1H3,(H2,9,10,11,13). The molecule has 0 radical (unpaired) electrons. The number of H-pyrrole nitrogens is 1. The second-order valence-corrected chi connectivity index (χ2v) is 3.29. The lowest BCUT2D eigenvalue weighted by molar-refractivity contribution is 0.109. The van der Waals surface area contributed by atoms with Crippen molar-refractivity contribution in [3.8, 4) is 0 Å². The number of hydrogen-bond acceptors (Lipinski definition) is 4. The fraction of sp³-hybridized carbons (Fsp3) is 0.500. The Morgan fingerprint density at radius 2 is 2.46 bits per heavy atom. The van der Waals surface area contributed by atoms with Gasteiger partial charge in [-0.2, -0.15) is 0 Å². The molecule has 0 spiro atoms. The molecule has 1 aliphatic rings. The summed E-state index contributed by atoms with van der Waals surface area (Å²) < 4.78 is 5.88. The van der Waals surface area contributed by atoms with Crippen LogP contribution in [0.1, 0.15) is 11.3 Å². The normalized spacial score (nSPS) is 15.2. The summed E-state index contributed by atoms with van der Waals surface area (Å²) in [4.78, 5) is 7.26. The van der Waals surface area contributed by atoms with Gasteiger partial charge >= 0.3 is 0 Å². The highest BCUT2D eigenvalue weighted by Crippen LogP contribution is 2.20. The van der Waals surface area contributed by atoms with Gasteiger partial charge in [0, 0.05) is 24.7 Å². The molecule has 0 amide bonds. The highest BCUT2D eigenvalue weighted by Gasteiger charge is 2.14. The van der Waals surface area contributed by atoms with Gasteiger partial charge in [-0.05, 0) is 12.2 Å². The van der Waals surface area contributed by atoms with Crippen LogP contribution in [0.15, 0.2) is 0 Å². The second-order valence-electron chi connectivity index (χ2n) is 2.90. The smallest absolute Gasteiger partial charge is 0.198 e. The average Bonchev–Trinajstić information content (AvgIpc) is 2.16. The third-order valence-electron chi connectivity index (χ3n) is 2.10. The molecule has 13 heavy (non-hydrogen) atoms. The van der Waals surface area contributed by atoms with E-state index < -0.39 is 0 Å². The molecule has 2 rings (SSSR count). The lowest BCUT2D eigenvalue weighted by Crippen LogP contribution is -2.15. The first-order chi connectivity index (χ1) is 6.31. The molecular formula is C8H11N3OS. The van der Waals surface area contributed by atoms with Crippen molar-refractivity contribution in [2.24, 2.45) is 0 Å². The van der Waals surface area contributed by atoms with Gasteiger partial charge in [-0.1, -0.05) is 0 Å². The Bertz CT molecular complexity index is 354. The molecule has 1 aromatic rings. The number of aromatic nitrogens is 2. The fourth-order valence-electron chi connectivity index (χ4n) is 1.47. The van der Waals surface area contributed by atoms with Gasteiger partial charge in [-0.15, -0.1) is 0 Å². The molecule has 0 saturated heterocycles. The minimum atomic E-state index is 0.532. The van der Waals surface area contributed by atoms with Crippen molar-refractivity contribution in [3.05, 3.63) is 16.0 Å². The molecule has 0 bridgehead atoms. The maximum absolute atomic E-state index is 5.34. The van der Waals surface area contributed by atoms with E-state index in [4.69, 9.17) is 17.0 Å². The van der Waals surface area contributed by atoms with Gasteiger partial charge in [0.25, 0.3) is 0 Å². The van der Waals surface area contributed by atoms with Crippen LogP contribution in [0.4, 0.5) is 5.82 Å². The molecule has 70 valence electrons. The maximum atomic E-state index is 5.34. The average molecular weight is 197 g/mol. The second kappa shape index (κ2) is 3.43. The molecule has 1 aromatic heterocycles. The molecule has 1 aliphatic heterocycles. The fourth-order valence-corrected chi connectivity index (χ4v) is 1.68. The van der Waals surface area contributed by atoms with Crippen LogP contribution in [0.2, 0.25) is 0 Å². The minimum Gasteiger partial charge on any atom is -0.376 e. The van der Waals surface area contributed by atoms with Crippen molar-refractivity contribution in [2.45, 2.75) is 13.0 Å². The Kier molecular flexibility index (Phi) is 2.28. The predicted molar refractivity (Wildman–Crippen MR) is 52.3 cm³/mol. The monoisotopic (exact) mass is 197 g/mol. The summed E-state index contributed by atoms with van der Waals surface area (Å²) in [5.74, 6) is 0.832. The lowest BCUT2D eigenvalue weighted by Gasteiger charge is -2.18. The molecule has 2 heterocycles. The Morgan fingerprint density at radius 1 is 1.62 bits per heavy atom. The molecule has 0 fully saturated rings. The summed E-state index contributed by atoms with van der Waals surface area (Å²) in [5, 5.41) is 3.02. The third-order valence-corrected chi connectivity index (χ3v) is 2.29. The minimum absolute atomic E-state index is 0.532. The van der Waals surface area contributed by atoms with Crippen molar-refractivity contribution < 1.29 is 4.74 Å². The van der Waals surface area contributed by atoms with Gasteiger partial charge in [-0.25, -0.2) is 4.98 Å². The SMILES string of the molecule is CNc1nc(=S)[nH]c2c1COCC2. The zero-order chi connectivity index (χ0) is 9.26. The molecule has 0 aliphatic carbocycles. The van der Waals surface area contributed by atoms with Crippen molar-refractivity contribution in [3.63, 3.8) is 0 Å². The molecule has 0 aromatic carbocycles. The van der Waals surface area contributed by atoms with Crippen LogP contribution >= 0.6 is 12.2 Å². The molecule has 4 nitrogen and oxygen atoms in total. The van der Waals surface area contributed by atoms with Crippen LogP contribution in [0.25, 0.3) is 0 Å². The first-order valence-electron chi connectivity index (χ1n) is 4.19. The highest BCUT2D eigenvalue weighted by atomic mass is 32.1. The third kappa shape index (κ3) is 1.57. The summed E-state index contributed by atoms with van der Waals surface area (Å²) in [6, 6.07) is 0. The zero-order valence-corrected chi connectivity index (χ0v) is 8.20. The molecule has 5 heteroatoms. The van der Waals surface area contributed by atoms with E-state index in [1.807, 2.05) is 7.05 Å². The number of fused-ring (bicyclic) bond motifs is 1. The van der Waals surface area contributed by atoms with Gasteiger partial charge in [-0.3, -0.25) is 0 Å². The largest absolute Gasteiger partial charge is 0.376 e. The van der Waals surface area contributed by atoms with E-state index in [9.17, 15) is 0 Å². The maximum Gasteiger partial charge on any atom is 0.198 e. The molecule has 0 saturated carbocycles. The van der Waals surface area contributed by atoms with Crippen molar-refractivity contribution in [1.82, 2.24) is 9.97 Å². The van der Waals surface area contributed by atoms with Crippen molar-refractivity contribution in [2.75, 3.05) is 19.0 Å². The molecule has 0 atom stereocenters. The summed E-state index contributed by atoms with van der Waals surface area (Å²) in [6.45, 7) is 1.37. The Labute approximate surface area is 81.3 Å². The van der Waals surface area contributed by atoms with Crippen LogP contribution in [0, 0.1) is 4.77 Å². The summed E-state index contributed by atoms with van der Waals surface area (Å²) >= 11 is 5.00. The number of nitrogens with one attached hydrogen (secondary N) is 2. The molecule has 0 unspecified atom stereocenters. The number of rotatable bonds is 1. The Morgan fingerprint density at radius 3 is 3.23 bits per heavy atom. The van der Waals surface area contributed by atoms with Gasteiger partial charge in [0.05, 0.1) is 13.2 Å². The van der Waals surface area contributed by atoms with Gasteiger partial charge < -0.3 is 15.0 Å². The van der Waals surface area contributed by atoms with E-state index in [1.54, 1.807) is 0 Å². The zero-order valence-electron chi connectivity index (χ0n) is 7.39. The van der Waals surface area contributed by atoms with Gasteiger partial charge in [0.15, 0.2) is 4.77 Å². The number of hydrogen-bond donors (Lipinski definition) is 2. The van der Waals surface area contributed by atoms with E-state index in [1.165, 1.54) is 0 Å². The summed E-state index contributed by atoms with van der Waals surface area (Å²) in [5.41, 5.74) is 2.25. The van der Waals surface area contributed by atoms with E-state index in [0.29, 0.717) is 11.4 Å². The van der Waals surface area contributed by atoms with E-state index in [2.05, 4.69) is 15.3 Å². The van der Waals surface area contributed by atoms with Crippen LogP contribution in [-0.2, 0) is 17.8 Å². The van der Waals surface area contributed by atoms with Crippen molar-refractivity contribution >= 4 is 18.0 Å². The van der Waals surface area contributed by atoms with Gasteiger partial charge in [0.1, 0.15) is 5.82 Å². The Hall–Kier alpha value is -0.940. The number of anilines is 1. The topological polar surface area (TPSA) is 49.9 Å². The number of aromatic amines is 1. The van der Waals surface area contributed by atoms with E-state index >= 15 is 0 Å². The predicted octanol–water partition coefficient (Wildman–Crippen LogP) is 1.25. The molecular weight excluding hydrogens is 186 g/mol. The van der Waals surface area contributed by atoms with E-state index in [0.717, 1.165) is 30.1 Å².